The van der Waals surface area contributed by atoms with Gasteiger partial charge in [-0.2, -0.15) is 4.98 Å². The van der Waals surface area contributed by atoms with Gasteiger partial charge in [0.05, 0.1) is 0 Å². The molecule has 0 aliphatic carbocycles. The Kier molecular flexibility index (Phi) is 2.83. The number of nitrogens with one attached hydrogen (secondary N) is 1. The van der Waals surface area contributed by atoms with Gasteiger partial charge in [0, 0.05) is 13.5 Å². The van der Waals surface area contributed by atoms with Crippen LogP contribution in [0.3, 0.4) is 0 Å². The van der Waals surface area contributed by atoms with Crippen LogP contribution in [0.4, 0.5) is 0 Å². The fourth-order valence-electron chi connectivity index (χ4n) is 1.93. The van der Waals surface area contributed by atoms with Crippen LogP contribution in [-0.2, 0) is 13.5 Å². The van der Waals surface area contributed by atoms with Crippen LogP contribution < -0.4 is 5.56 Å². The van der Waals surface area contributed by atoms with E-state index in [0.717, 1.165) is 5.56 Å². The maximum absolute atomic E-state index is 12.0. The second-order valence-corrected chi connectivity index (χ2v) is 4.63. The molecular weight excluding hydrogens is 264 g/mol. The zero-order chi connectivity index (χ0) is 13.4. The van der Waals surface area contributed by atoms with Crippen LogP contribution in [0.1, 0.15) is 11.4 Å². The van der Waals surface area contributed by atoms with E-state index in [1.165, 1.54) is 4.57 Å². The summed E-state index contributed by atoms with van der Waals surface area (Å²) in [6.45, 7) is 0. The molecule has 3 aromatic rings. The average molecular weight is 275 g/mol. The summed E-state index contributed by atoms with van der Waals surface area (Å²) in [7, 11) is 1.58. The SMILES string of the molecule is Cn1c(Cl)nc2nc(Cc3ccccc3)[nH]c2c1=O. The molecular formula is C13H11ClN4O. The van der Waals surface area contributed by atoms with Gasteiger partial charge in [-0.1, -0.05) is 30.3 Å². The molecule has 96 valence electrons. The Bertz CT molecular complexity index is 792. The van der Waals surface area contributed by atoms with E-state index in [-0.39, 0.29) is 10.8 Å². The molecule has 0 saturated carbocycles. The third-order valence-corrected chi connectivity index (χ3v) is 3.28. The molecule has 3 rings (SSSR count). The van der Waals surface area contributed by atoms with Gasteiger partial charge in [-0.05, 0) is 17.2 Å². The van der Waals surface area contributed by atoms with Gasteiger partial charge in [0.15, 0.2) is 11.2 Å². The number of nitrogens with zero attached hydrogens (tertiary/aromatic N) is 3. The van der Waals surface area contributed by atoms with E-state index in [9.17, 15) is 4.79 Å². The second kappa shape index (κ2) is 4.51. The highest BCUT2D eigenvalue weighted by Gasteiger charge is 2.11. The first-order chi connectivity index (χ1) is 9.15. The Morgan fingerprint density at radius 2 is 2.00 bits per heavy atom. The molecule has 0 fully saturated rings. The number of benzene rings is 1. The van der Waals surface area contributed by atoms with Crippen molar-refractivity contribution in [1.29, 1.82) is 0 Å². The van der Waals surface area contributed by atoms with Crippen LogP contribution in [0.25, 0.3) is 11.2 Å². The molecule has 0 radical (unpaired) electrons. The third kappa shape index (κ3) is 2.13. The Labute approximate surface area is 113 Å². The van der Waals surface area contributed by atoms with Crippen LogP contribution >= 0.6 is 11.6 Å². The van der Waals surface area contributed by atoms with Gasteiger partial charge in [-0.15, -0.1) is 0 Å². The smallest absolute Gasteiger partial charge is 0.280 e. The van der Waals surface area contributed by atoms with Gasteiger partial charge in [0.1, 0.15) is 5.82 Å². The van der Waals surface area contributed by atoms with Crippen LogP contribution in [0.5, 0.6) is 0 Å². The Morgan fingerprint density at radius 3 is 2.74 bits per heavy atom. The normalized spacial score (nSPS) is 11.1. The van der Waals surface area contributed by atoms with Gasteiger partial charge in [-0.3, -0.25) is 9.36 Å². The standard InChI is InChI=1S/C13H11ClN4O/c1-18-12(19)10-11(17-13(18)14)16-9(15-10)7-8-5-3-2-4-6-8/h2-6H,7H2,1H3,(H,15,16). The minimum Gasteiger partial charge on any atom is -0.336 e. The van der Waals surface area contributed by atoms with Gasteiger partial charge >= 0.3 is 0 Å². The molecule has 19 heavy (non-hydrogen) atoms. The molecule has 0 unspecified atom stereocenters. The molecule has 0 amide bonds. The molecule has 0 aliphatic rings. The maximum Gasteiger partial charge on any atom is 0.280 e. The lowest BCUT2D eigenvalue weighted by Crippen LogP contribution is -2.18. The largest absolute Gasteiger partial charge is 0.336 e. The van der Waals surface area contributed by atoms with Crippen molar-refractivity contribution < 1.29 is 0 Å². The summed E-state index contributed by atoms with van der Waals surface area (Å²) in [4.78, 5) is 23.4. The number of hydrogen-bond donors (Lipinski definition) is 1. The summed E-state index contributed by atoms with van der Waals surface area (Å²) in [5.41, 5.74) is 1.64. The zero-order valence-electron chi connectivity index (χ0n) is 10.2. The number of aromatic nitrogens is 4. The first-order valence-corrected chi connectivity index (χ1v) is 6.18. The number of halogens is 1. The number of aromatic amines is 1. The highest BCUT2D eigenvalue weighted by molar-refractivity contribution is 6.28. The van der Waals surface area contributed by atoms with Gasteiger partial charge in [0.25, 0.3) is 5.56 Å². The molecule has 1 aromatic carbocycles. The van der Waals surface area contributed by atoms with Crippen LogP contribution in [-0.4, -0.2) is 19.5 Å². The van der Waals surface area contributed by atoms with Crippen molar-refractivity contribution in [3.05, 3.63) is 57.4 Å². The Hall–Kier alpha value is -2.14. The molecule has 1 N–H and O–H groups in total. The summed E-state index contributed by atoms with van der Waals surface area (Å²) in [5.74, 6) is 0.702. The van der Waals surface area contributed by atoms with Crippen LogP contribution in [0, 0.1) is 0 Å². The lowest BCUT2D eigenvalue weighted by molar-refractivity contribution is 0.840. The summed E-state index contributed by atoms with van der Waals surface area (Å²) in [6.07, 6.45) is 0.623. The van der Waals surface area contributed by atoms with Crippen molar-refractivity contribution in [2.45, 2.75) is 6.42 Å². The fraction of sp³-hybridized carbons (Fsp3) is 0.154. The van der Waals surface area contributed by atoms with Crippen molar-refractivity contribution in [2.75, 3.05) is 0 Å². The topological polar surface area (TPSA) is 63.6 Å². The van der Waals surface area contributed by atoms with E-state index in [0.29, 0.717) is 23.4 Å². The van der Waals surface area contributed by atoms with Crippen LogP contribution in [0.15, 0.2) is 35.1 Å². The number of fused-ring (bicyclic) bond motifs is 1. The van der Waals surface area contributed by atoms with E-state index < -0.39 is 0 Å². The molecule has 2 aromatic heterocycles. The van der Waals surface area contributed by atoms with E-state index in [1.807, 2.05) is 30.3 Å². The molecule has 5 nitrogen and oxygen atoms in total. The lowest BCUT2D eigenvalue weighted by Gasteiger charge is -1.97. The summed E-state index contributed by atoms with van der Waals surface area (Å²) in [5, 5.41) is 0.135. The monoisotopic (exact) mass is 274 g/mol. The fourth-order valence-corrected chi connectivity index (χ4v) is 2.09. The first kappa shape index (κ1) is 11.9. The molecule has 0 atom stereocenters. The van der Waals surface area contributed by atoms with Crippen molar-refractivity contribution in [3.8, 4) is 0 Å². The van der Waals surface area contributed by atoms with Crippen molar-refractivity contribution in [1.82, 2.24) is 19.5 Å². The number of rotatable bonds is 2. The Morgan fingerprint density at radius 1 is 1.26 bits per heavy atom. The van der Waals surface area contributed by atoms with Crippen molar-refractivity contribution in [3.63, 3.8) is 0 Å². The van der Waals surface area contributed by atoms with E-state index in [2.05, 4.69) is 15.0 Å². The first-order valence-electron chi connectivity index (χ1n) is 5.80. The summed E-state index contributed by atoms with van der Waals surface area (Å²) >= 11 is 5.86. The predicted molar refractivity (Wildman–Crippen MR) is 73.4 cm³/mol. The highest BCUT2D eigenvalue weighted by Crippen LogP contribution is 2.11. The minimum absolute atomic E-state index is 0.135. The highest BCUT2D eigenvalue weighted by atomic mass is 35.5. The van der Waals surface area contributed by atoms with E-state index >= 15 is 0 Å². The number of H-pyrrole nitrogens is 1. The molecule has 2 heterocycles. The maximum atomic E-state index is 12.0. The van der Waals surface area contributed by atoms with E-state index in [4.69, 9.17) is 11.6 Å². The molecule has 0 aliphatic heterocycles. The average Bonchev–Trinajstić information content (AvgIpc) is 2.80. The number of imidazole rings is 1. The summed E-state index contributed by atoms with van der Waals surface area (Å²) in [6, 6.07) is 9.90. The summed E-state index contributed by atoms with van der Waals surface area (Å²) < 4.78 is 1.29. The second-order valence-electron chi connectivity index (χ2n) is 4.29. The molecule has 0 saturated heterocycles. The van der Waals surface area contributed by atoms with E-state index in [1.54, 1.807) is 7.05 Å². The van der Waals surface area contributed by atoms with Gasteiger partial charge in [0.2, 0.25) is 5.28 Å². The predicted octanol–water partition coefficient (Wildman–Crippen LogP) is 1.90. The van der Waals surface area contributed by atoms with Crippen molar-refractivity contribution >= 4 is 22.8 Å². The molecule has 6 heteroatoms. The Balaban J connectivity index is 2.08. The number of hydrogen-bond acceptors (Lipinski definition) is 3. The minimum atomic E-state index is -0.221. The molecule has 0 spiro atoms. The quantitative estimate of drug-likeness (QED) is 0.726. The van der Waals surface area contributed by atoms with Crippen LogP contribution in [0.2, 0.25) is 5.28 Å². The van der Waals surface area contributed by atoms with Gasteiger partial charge < -0.3 is 4.98 Å². The third-order valence-electron chi connectivity index (χ3n) is 2.94. The van der Waals surface area contributed by atoms with Gasteiger partial charge in [-0.25, -0.2) is 4.98 Å². The molecule has 0 bridgehead atoms. The zero-order valence-corrected chi connectivity index (χ0v) is 11.0. The van der Waals surface area contributed by atoms with Crippen molar-refractivity contribution in [2.24, 2.45) is 7.05 Å². The lowest BCUT2D eigenvalue weighted by atomic mass is 10.1.